The molecule has 1 atom stereocenters. The first-order valence-electron chi connectivity index (χ1n) is 5.99. The van der Waals surface area contributed by atoms with E-state index in [4.69, 9.17) is 0 Å². The Morgan fingerprint density at radius 3 is 1.89 bits per heavy atom. The van der Waals surface area contributed by atoms with Gasteiger partial charge in [-0.05, 0) is 99.0 Å². The van der Waals surface area contributed by atoms with Crippen molar-refractivity contribution in [2.24, 2.45) is 0 Å². The molecule has 0 aliphatic carbocycles. The Hall–Kier alpha value is 0.360. The van der Waals surface area contributed by atoms with Crippen molar-refractivity contribution < 1.29 is 0 Å². The highest BCUT2D eigenvalue weighted by Gasteiger charge is 2.21. The van der Waals surface area contributed by atoms with Gasteiger partial charge < -0.3 is 0 Å². The van der Waals surface area contributed by atoms with Gasteiger partial charge >= 0.3 is 0 Å². The van der Waals surface area contributed by atoms with Gasteiger partial charge in [-0.25, -0.2) is 0 Å². The summed E-state index contributed by atoms with van der Waals surface area (Å²) in [5.41, 5.74) is 8.14. The van der Waals surface area contributed by atoms with Gasteiger partial charge in [0.25, 0.3) is 0 Å². The number of benzene rings is 1. The van der Waals surface area contributed by atoms with Crippen LogP contribution in [-0.2, 0) is 0 Å². The molecule has 4 heteroatoms. The number of hydrogen-bond donors (Lipinski definition) is 0. The average Bonchev–Trinajstić information content (AvgIpc) is 2.66. The second kappa shape index (κ2) is 6.00. The topological polar surface area (TPSA) is 0 Å². The van der Waals surface area contributed by atoms with E-state index in [-0.39, 0.29) is 4.83 Å². The fourth-order valence-corrected chi connectivity index (χ4v) is 6.72. The first kappa shape index (κ1) is 15.7. The van der Waals surface area contributed by atoms with E-state index < -0.39 is 0 Å². The Morgan fingerprint density at radius 2 is 1.47 bits per heavy atom. The molecule has 0 amide bonds. The van der Waals surface area contributed by atoms with Crippen LogP contribution in [0, 0.1) is 27.7 Å². The molecule has 1 unspecified atom stereocenters. The van der Waals surface area contributed by atoms with Crippen LogP contribution in [0.15, 0.2) is 19.7 Å². The van der Waals surface area contributed by atoms with Crippen molar-refractivity contribution in [3.8, 4) is 0 Å². The molecule has 2 aromatic rings. The molecule has 0 spiro atoms. The minimum atomic E-state index is 0.225. The molecule has 102 valence electrons. The van der Waals surface area contributed by atoms with Gasteiger partial charge in [-0.15, -0.1) is 11.3 Å². The van der Waals surface area contributed by atoms with Gasteiger partial charge in [0, 0.05) is 0 Å². The summed E-state index contributed by atoms with van der Waals surface area (Å²) in [6.45, 7) is 8.79. The zero-order valence-corrected chi connectivity index (χ0v) is 16.8. The first-order valence-corrected chi connectivity index (χ1v) is 9.30. The molecule has 0 aliphatic rings. The molecule has 1 aromatic heterocycles. The van der Waals surface area contributed by atoms with Gasteiger partial charge in [0.15, 0.2) is 0 Å². The summed E-state index contributed by atoms with van der Waals surface area (Å²) in [6.07, 6.45) is 0. The van der Waals surface area contributed by atoms with E-state index in [9.17, 15) is 0 Å². The second-order valence-electron chi connectivity index (χ2n) is 4.82. The summed E-state index contributed by atoms with van der Waals surface area (Å²) in [6, 6.07) is 4.46. The van der Waals surface area contributed by atoms with E-state index in [1.165, 1.54) is 37.2 Å². The highest BCUT2D eigenvalue weighted by atomic mass is 79.9. The third kappa shape index (κ3) is 3.02. The summed E-state index contributed by atoms with van der Waals surface area (Å²) in [5.74, 6) is 0. The highest BCUT2D eigenvalue weighted by molar-refractivity contribution is 9.12. The molecule has 0 nitrogen and oxygen atoms in total. The molecule has 0 radical (unpaired) electrons. The molecular formula is C15H15Br3S. The maximum absolute atomic E-state index is 3.88. The Kier molecular flexibility index (Phi) is 4.97. The molecule has 0 aliphatic heterocycles. The molecule has 1 aromatic carbocycles. The lowest BCUT2D eigenvalue weighted by molar-refractivity contribution is 1.08. The summed E-state index contributed by atoms with van der Waals surface area (Å²) in [5, 5.41) is 0. The third-order valence-corrected chi connectivity index (χ3v) is 6.97. The lowest BCUT2D eigenvalue weighted by atomic mass is 9.91. The van der Waals surface area contributed by atoms with Crippen molar-refractivity contribution in [1.82, 2.24) is 0 Å². The molecule has 0 N–H and O–H groups in total. The average molecular weight is 467 g/mol. The molecule has 1 heterocycles. The molecular weight excluding hydrogens is 452 g/mol. The molecule has 19 heavy (non-hydrogen) atoms. The fraction of sp³-hybridized carbons (Fsp3) is 0.333. The normalized spacial score (nSPS) is 12.8. The smallest absolute Gasteiger partial charge is 0.0757 e. The Bertz CT molecular complexity index is 603. The number of thiophene rings is 1. The Labute approximate surface area is 144 Å². The summed E-state index contributed by atoms with van der Waals surface area (Å²) >= 11 is 12.8. The largest absolute Gasteiger partial charge is 0.121 e. The van der Waals surface area contributed by atoms with Crippen LogP contribution in [0.3, 0.4) is 0 Å². The van der Waals surface area contributed by atoms with Crippen LogP contribution in [0.2, 0.25) is 0 Å². The molecule has 2 rings (SSSR count). The number of alkyl halides is 1. The second-order valence-corrected chi connectivity index (χ2v) is 9.48. The highest BCUT2D eigenvalue weighted by Crippen LogP contribution is 2.44. The van der Waals surface area contributed by atoms with Gasteiger partial charge in [0.2, 0.25) is 0 Å². The number of rotatable bonds is 2. The molecule has 0 saturated carbocycles. The maximum atomic E-state index is 3.88. The van der Waals surface area contributed by atoms with E-state index in [0.29, 0.717) is 0 Å². The van der Waals surface area contributed by atoms with Crippen LogP contribution >= 0.6 is 59.1 Å². The summed E-state index contributed by atoms with van der Waals surface area (Å²) in [7, 11) is 0. The maximum Gasteiger partial charge on any atom is 0.0757 e. The standard InChI is InChI=1S/C15H15Br3S/c1-7-5-8(2)10(4)13(9(7)3)14(17)11-6-12(16)19-15(11)18/h5-6,14H,1-4H3. The lowest BCUT2D eigenvalue weighted by Crippen LogP contribution is -2.02. The van der Waals surface area contributed by atoms with Crippen molar-refractivity contribution in [2.45, 2.75) is 32.5 Å². The SMILES string of the molecule is Cc1cc(C)c(C)c(C(Br)c2cc(Br)sc2Br)c1C. The lowest BCUT2D eigenvalue weighted by Gasteiger charge is -2.20. The van der Waals surface area contributed by atoms with Gasteiger partial charge in [0.05, 0.1) is 12.4 Å². The minimum absolute atomic E-state index is 0.225. The zero-order valence-electron chi connectivity index (χ0n) is 11.3. The van der Waals surface area contributed by atoms with Crippen LogP contribution in [0.5, 0.6) is 0 Å². The van der Waals surface area contributed by atoms with Crippen LogP contribution in [0.4, 0.5) is 0 Å². The van der Waals surface area contributed by atoms with Crippen molar-refractivity contribution in [2.75, 3.05) is 0 Å². The predicted molar refractivity (Wildman–Crippen MR) is 95.9 cm³/mol. The van der Waals surface area contributed by atoms with Gasteiger partial charge in [-0.2, -0.15) is 0 Å². The van der Waals surface area contributed by atoms with E-state index in [1.807, 2.05) is 0 Å². The van der Waals surface area contributed by atoms with Crippen LogP contribution in [0.25, 0.3) is 0 Å². The van der Waals surface area contributed by atoms with Crippen LogP contribution in [0.1, 0.15) is 38.2 Å². The Balaban J connectivity index is 2.62. The van der Waals surface area contributed by atoms with E-state index in [2.05, 4.69) is 87.6 Å². The predicted octanol–water partition coefficient (Wildman–Crippen LogP) is 6.99. The summed E-state index contributed by atoms with van der Waals surface area (Å²) in [4.78, 5) is 0.225. The molecule has 0 saturated heterocycles. The van der Waals surface area contributed by atoms with Crippen molar-refractivity contribution in [3.05, 3.63) is 53.1 Å². The summed E-state index contributed by atoms with van der Waals surface area (Å²) < 4.78 is 2.33. The molecule has 0 fully saturated rings. The van der Waals surface area contributed by atoms with Gasteiger partial charge in [0.1, 0.15) is 0 Å². The number of hydrogen-bond acceptors (Lipinski definition) is 1. The van der Waals surface area contributed by atoms with Crippen molar-refractivity contribution >= 4 is 59.1 Å². The zero-order chi connectivity index (χ0) is 14.3. The Morgan fingerprint density at radius 1 is 0.947 bits per heavy atom. The first-order chi connectivity index (χ1) is 8.82. The van der Waals surface area contributed by atoms with Gasteiger partial charge in [-0.3, -0.25) is 0 Å². The minimum Gasteiger partial charge on any atom is -0.121 e. The van der Waals surface area contributed by atoms with Crippen molar-refractivity contribution in [1.29, 1.82) is 0 Å². The van der Waals surface area contributed by atoms with E-state index in [1.54, 1.807) is 11.3 Å². The monoisotopic (exact) mass is 464 g/mol. The van der Waals surface area contributed by atoms with E-state index >= 15 is 0 Å². The van der Waals surface area contributed by atoms with Crippen LogP contribution in [-0.4, -0.2) is 0 Å². The third-order valence-electron chi connectivity index (χ3n) is 3.63. The number of halogens is 3. The molecule has 0 bridgehead atoms. The fourth-order valence-electron chi connectivity index (χ4n) is 2.31. The van der Waals surface area contributed by atoms with Crippen LogP contribution < -0.4 is 0 Å². The quantitative estimate of drug-likeness (QED) is 0.418. The van der Waals surface area contributed by atoms with Gasteiger partial charge in [-0.1, -0.05) is 22.0 Å². The van der Waals surface area contributed by atoms with E-state index in [0.717, 1.165) is 3.79 Å². The van der Waals surface area contributed by atoms with Crippen molar-refractivity contribution in [3.63, 3.8) is 0 Å². The number of aryl methyl sites for hydroxylation is 2.